The van der Waals surface area contributed by atoms with Gasteiger partial charge in [0.25, 0.3) is 10.0 Å². The molecule has 3 N–H and O–H groups in total. The van der Waals surface area contributed by atoms with Crippen LogP contribution in [0.1, 0.15) is 44.7 Å². The molecule has 0 radical (unpaired) electrons. The Bertz CT molecular complexity index is 1670. The van der Waals surface area contributed by atoms with Crippen LogP contribution in [-0.2, 0) is 17.1 Å². The molecule has 12 nitrogen and oxygen atoms in total. The topological polar surface area (TPSA) is 153 Å². The molecule has 0 saturated heterocycles. The van der Waals surface area contributed by atoms with E-state index in [1.54, 1.807) is 49.3 Å². The van der Waals surface area contributed by atoms with Crippen molar-refractivity contribution < 1.29 is 13.5 Å². The molecule has 4 aromatic rings. The summed E-state index contributed by atoms with van der Waals surface area (Å²) in [6.45, 7) is 5.34. The molecule has 202 valence electrons. The van der Waals surface area contributed by atoms with Crippen LogP contribution in [0.15, 0.2) is 49.3 Å². The Balaban J connectivity index is 1.41. The largest absolute Gasteiger partial charge is 0.388 e. The molecular weight excluding hydrogens is 518 g/mol. The summed E-state index contributed by atoms with van der Waals surface area (Å²) in [5, 5.41) is 24.8. The minimum absolute atomic E-state index is 0.291. The highest BCUT2D eigenvalue weighted by Gasteiger charge is 2.37. The van der Waals surface area contributed by atoms with E-state index in [4.69, 9.17) is 0 Å². The van der Waals surface area contributed by atoms with Gasteiger partial charge in [-0.25, -0.2) is 23.4 Å². The Labute approximate surface area is 226 Å². The van der Waals surface area contributed by atoms with Crippen LogP contribution in [-0.4, -0.2) is 64.3 Å². The summed E-state index contributed by atoms with van der Waals surface area (Å²) in [4.78, 5) is 13.3. The zero-order valence-corrected chi connectivity index (χ0v) is 22.8. The average molecular weight is 548 g/mol. The molecular formula is C26H29N9O3S. The van der Waals surface area contributed by atoms with Gasteiger partial charge in [0.2, 0.25) is 0 Å². The SMILES string of the molecule is CC(Nc1cc(Nc2ccnc(-c3cnn(S(=O)(=O)C4CC4)c3)n2)ncc1C#Cc1cnn(C)c1)C(C)(C)O. The van der Waals surface area contributed by atoms with Crippen molar-refractivity contribution in [1.29, 1.82) is 0 Å². The number of nitrogens with zero attached hydrogens (tertiary/aromatic N) is 7. The fourth-order valence-electron chi connectivity index (χ4n) is 3.55. The molecule has 0 bridgehead atoms. The number of rotatable bonds is 8. The summed E-state index contributed by atoms with van der Waals surface area (Å²) >= 11 is 0. The van der Waals surface area contributed by atoms with E-state index in [-0.39, 0.29) is 11.3 Å². The van der Waals surface area contributed by atoms with Gasteiger partial charge in [0.1, 0.15) is 11.6 Å². The highest BCUT2D eigenvalue weighted by molar-refractivity contribution is 7.90. The first-order chi connectivity index (χ1) is 18.5. The maximum absolute atomic E-state index is 12.5. The van der Waals surface area contributed by atoms with Crippen molar-refractivity contribution in [3.63, 3.8) is 0 Å². The van der Waals surface area contributed by atoms with Crippen LogP contribution in [0.5, 0.6) is 0 Å². The van der Waals surface area contributed by atoms with Crippen molar-refractivity contribution >= 4 is 27.3 Å². The van der Waals surface area contributed by atoms with Gasteiger partial charge in [-0.1, -0.05) is 11.8 Å². The van der Waals surface area contributed by atoms with Gasteiger partial charge in [-0.15, -0.1) is 0 Å². The molecule has 0 amide bonds. The molecule has 13 heteroatoms. The molecule has 0 aromatic carbocycles. The predicted octanol–water partition coefficient (Wildman–Crippen LogP) is 2.52. The van der Waals surface area contributed by atoms with E-state index in [2.05, 4.69) is 47.6 Å². The molecule has 4 aromatic heterocycles. The van der Waals surface area contributed by atoms with Gasteiger partial charge in [-0.3, -0.25) is 4.68 Å². The second-order valence-corrected chi connectivity index (χ2v) is 12.1. The molecule has 1 saturated carbocycles. The lowest BCUT2D eigenvalue weighted by Crippen LogP contribution is -2.39. The first-order valence-corrected chi connectivity index (χ1v) is 13.9. The standard InChI is InChI=1S/C26H29N9O3S/c1-17(26(2,3)36)31-22-11-24(28-13-19(22)6-5-18-12-29-34(4)15-18)32-23-9-10-27-25(33-23)20-14-30-35(16-20)39(37,38)21-7-8-21/h9-17,21,36H,7-8H2,1-4H3,(H2,27,28,31,32,33). The highest BCUT2D eigenvalue weighted by atomic mass is 32.2. The lowest BCUT2D eigenvalue weighted by Gasteiger charge is -2.28. The zero-order chi connectivity index (χ0) is 27.8. The smallest absolute Gasteiger partial charge is 0.256 e. The molecule has 1 aliphatic rings. The Morgan fingerprint density at radius 3 is 2.59 bits per heavy atom. The number of aryl methyl sites for hydroxylation is 1. The molecule has 1 aliphatic carbocycles. The van der Waals surface area contributed by atoms with Gasteiger partial charge < -0.3 is 15.7 Å². The van der Waals surface area contributed by atoms with Crippen molar-refractivity contribution in [1.82, 2.24) is 33.9 Å². The van der Waals surface area contributed by atoms with Crippen molar-refractivity contribution in [2.45, 2.75) is 50.5 Å². The van der Waals surface area contributed by atoms with Gasteiger partial charge in [0, 0.05) is 31.7 Å². The summed E-state index contributed by atoms with van der Waals surface area (Å²) < 4.78 is 27.6. The van der Waals surface area contributed by atoms with Crippen molar-refractivity contribution in [3.8, 4) is 23.2 Å². The van der Waals surface area contributed by atoms with Crippen LogP contribution in [0.3, 0.4) is 0 Å². The van der Waals surface area contributed by atoms with Crippen LogP contribution >= 0.6 is 0 Å². The number of hydrogen-bond donors (Lipinski definition) is 3. The summed E-state index contributed by atoms with van der Waals surface area (Å²) in [5.41, 5.74) is 1.60. The van der Waals surface area contributed by atoms with Crippen LogP contribution in [0.2, 0.25) is 0 Å². The van der Waals surface area contributed by atoms with Crippen molar-refractivity contribution in [2.24, 2.45) is 7.05 Å². The monoisotopic (exact) mass is 547 g/mol. The summed E-state index contributed by atoms with van der Waals surface area (Å²) in [6.07, 6.45) is 10.9. The van der Waals surface area contributed by atoms with Crippen LogP contribution < -0.4 is 10.6 Å². The lowest BCUT2D eigenvalue weighted by atomic mass is 10.0. The third-order valence-corrected chi connectivity index (χ3v) is 8.35. The minimum atomic E-state index is -3.48. The van der Waals surface area contributed by atoms with E-state index in [0.29, 0.717) is 47.1 Å². The molecule has 4 heterocycles. The van der Waals surface area contributed by atoms with E-state index < -0.39 is 15.6 Å². The van der Waals surface area contributed by atoms with Gasteiger partial charge in [0.15, 0.2) is 5.82 Å². The lowest BCUT2D eigenvalue weighted by molar-refractivity contribution is 0.0649. The molecule has 0 spiro atoms. The van der Waals surface area contributed by atoms with Crippen molar-refractivity contribution in [2.75, 3.05) is 10.6 Å². The van der Waals surface area contributed by atoms with Gasteiger partial charge in [0.05, 0.1) is 57.9 Å². The first-order valence-electron chi connectivity index (χ1n) is 12.4. The molecule has 1 unspecified atom stereocenters. The normalized spacial score (nSPS) is 14.4. The van der Waals surface area contributed by atoms with E-state index in [1.807, 2.05) is 20.2 Å². The summed E-state index contributed by atoms with van der Waals surface area (Å²) in [7, 11) is -1.65. The van der Waals surface area contributed by atoms with Gasteiger partial charge >= 0.3 is 0 Å². The van der Waals surface area contributed by atoms with Crippen LogP contribution in [0.4, 0.5) is 17.3 Å². The van der Waals surface area contributed by atoms with E-state index in [0.717, 1.165) is 9.65 Å². The number of aliphatic hydroxyl groups is 1. The number of hydrogen-bond acceptors (Lipinski definition) is 10. The minimum Gasteiger partial charge on any atom is -0.388 e. The van der Waals surface area contributed by atoms with Gasteiger partial charge in [-0.2, -0.15) is 14.3 Å². The second kappa shape index (κ2) is 10.1. The average Bonchev–Trinajstić information content (AvgIpc) is 3.48. The fraction of sp³-hybridized carbons (Fsp3) is 0.346. The highest BCUT2D eigenvalue weighted by Crippen LogP contribution is 2.30. The maximum Gasteiger partial charge on any atom is 0.256 e. The number of anilines is 3. The van der Waals surface area contributed by atoms with Crippen LogP contribution in [0.25, 0.3) is 11.4 Å². The summed E-state index contributed by atoms with van der Waals surface area (Å²) in [6, 6.07) is 3.18. The third-order valence-electron chi connectivity index (χ3n) is 6.32. The van der Waals surface area contributed by atoms with E-state index >= 15 is 0 Å². The first kappa shape index (κ1) is 26.3. The zero-order valence-electron chi connectivity index (χ0n) is 22.0. The molecule has 1 fully saturated rings. The predicted molar refractivity (Wildman–Crippen MR) is 147 cm³/mol. The van der Waals surface area contributed by atoms with E-state index in [9.17, 15) is 13.5 Å². The molecule has 39 heavy (non-hydrogen) atoms. The van der Waals surface area contributed by atoms with Gasteiger partial charge in [-0.05, 0) is 39.7 Å². The summed E-state index contributed by atoms with van der Waals surface area (Å²) in [5.74, 6) is 7.48. The van der Waals surface area contributed by atoms with E-state index in [1.165, 1.54) is 12.4 Å². The number of nitrogens with one attached hydrogen (secondary N) is 2. The number of aromatic nitrogens is 7. The maximum atomic E-state index is 12.5. The third kappa shape index (κ3) is 6.08. The fourth-order valence-corrected chi connectivity index (χ4v) is 5.03. The molecule has 0 aliphatic heterocycles. The number of pyridine rings is 1. The Kier molecular flexibility index (Phi) is 6.83. The molecule has 1 atom stereocenters. The Morgan fingerprint density at radius 2 is 1.90 bits per heavy atom. The molecule has 5 rings (SSSR count). The quantitative estimate of drug-likeness (QED) is 0.281. The van der Waals surface area contributed by atoms with Crippen molar-refractivity contribution in [3.05, 3.63) is 60.4 Å². The Hall–Kier alpha value is -4.28. The second-order valence-electron chi connectivity index (χ2n) is 10.0. The van der Waals surface area contributed by atoms with Crippen LogP contribution in [0, 0.1) is 11.8 Å². The Morgan fingerprint density at radius 1 is 1.10 bits per heavy atom.